The number of hydrogen-bond donors (Lipinski definition) is 0. The van der Waals surface area contributed by atoms with Crippen molar-refractivity contribution in [2.45, 2.75) is 0 Å². The van der Waals surface area contributed by atoms with Gasteiger partial charge in [-0.25, -0.2) is 0 Å². The highest BCUT2D eigenvalue weighted by molar-refractivity contribution is 6.61. The molecule has 0 radical (unpaired) electrons. The summed E-state index contributed by atoms with van der Waals surface area (Å²) in [5.74, 6) is 0. The molecule has 0 amide bonds. The lowest BCUT2D eigenvalue weighted by Gasteiger charge is -1.98. The Morgan fingerprint density at radius 2 is 1.85 bits per heavy atom. The molecule has 0 aromatic heterocycles. The first-order chi connectivity index (χ1) is 6.36. The fourth-order valence-corrected chi connectivity index (χ4v) is 1.18. The molecule has 0 bridgehead atoms. The van der Waals surface area contributed by atoms with Crippen LogP contribution >= 0.6 is 0 Å². The molecule has 1 aromatic rings. The van der Waals surface area contributed by atoms with Gasteiger partial charge in [-0.1, -0.05) is 72.7 Å². The van der Waals surface area contributed by atoms with Gasteiger partial charge in [0.05, 0.1) is 0 Å². The molecule has 0 unspecified atom stereocenters. The molecule has 1 heteroatoms. The molecule has 13 heavy (non-hydrogen) atoms. The number of hydrogen-bond acceptors (Lipinski definition) is 0. The van der Waals surface area contributed by atoms with Crippen molar-refractivity contribution in [3.63, 3.8) is 0 Å². The molecule has 64 valence electrons. The Hall–Kier alpha value is -1.50. The highest BCUT2D eigenvalue weighted by atomic mass is 13.8. The van der Waals surface area contributed by atoms with Gasteiger partial charge in [0.1, 0.15) is 0 Å². The summed E-state index contributed by atoms with van der Waals surface area (Å²) in [5.41, 5.74) is 2.50. The van der Waals surface area contributed by atoms with Crippen LogP contribution in [0.5, 0.6) is 0 Å². The largest absolute Gasteiger partial charge is 0.192 e. The molecule has 0 saturated carbocycles. The molecular formula is C12H13B. The van der Waals surface area contributed by atoms with E-state index in [1.54, 1.807) is 6.08 Å². The van der Waals surface area contributed by atoms with Crippen LogP contribution in [0.25, 0.3) is 0 Å². The van der Waals surface area contributed by atoms with Crippen molar-refractivity contribution in [3.05, 3.63) is 67.2 Å². The van der Waals surface area contributed by atoms with Crippen molar-refractivity contribution in [2.75, 3.05) is 0 Å². The van der Waals surface area contributed by atoms with Gasteiger partial charge in [-0.2, -0.15) is 0 Å². The van der Waals surface area contributed by atoms with Gasteiger partial charge in [0, 0.05) is 0 Å². The van der Waals surface area contributed by atoms with Gasteiger partial charge in [0.25, 0.3) is 0 Å². The fraction of sp³-hybridized carbons (Fsp3) is 0. The molecule has 0 aliphatic carbocycles. The van der Waals surface area contributed by atoms with Crippen LogP contribution in [0.1, 0.15) is 0 Å². The van der Waals surface area contributed by atoms with Gasteiger partial charge in [-0.3, -0.25) is 0 Å². The molecule has 0 saturated heterocycles. The quantitative estimate of drug-likeness (QED) is 0.476. The predicted octanol–water partition coefficient (Wildman–Crippen LogP) is 2.00. The predicted molar refractivity (Wildman–Crippen MR) is 61.7 cm³/mol. The van der Waals surface area contributed by atoms with E-state index < -0.39 is 0 Å². The molecule has 1 rings (SSSR count). The summed E-state index contributed by atoms with van der Waals surface area (Å²) in [6.07, 6.45) is 5.65. The van der Waals surface area contributed by atoms with Gasteiger partial charge in [0.15, 0.2) is 7.28 Å². The molecule has 0 spiro atoms. The van der Waals surface area contributed by atoms with Crippen molar-refractivity contribution in [1.29, 1.82) is 0 Å². The second-order valence-corrected chi connectivity index (χ2v) is 2.84. The van der Waals surface area contributed by atoms with Crippen molar-refractivity contribution in [1.82, 2.24) is 0 Å². The Balaban J connectivity index is 2.73. The van der Waals surface area contributed by atoms with Crippen LogP contribution in [0, 0.1) is 0 Å². The molecule has 0 N–H and O–H groups in total. The van der Waals surface area contributed by atoms with E-state index in [2.05, 4.69) is 25.3 Å². The molecule has 0 aliphatic rings. The third-order valence-corrected chi connectivity index (χ3v) is 1.85. The molecule has 0 heterocycles. The van der Waals surface area contributed by atoms with Crippen molar-refractivity contribution >= 4 is 12.7 Å². The maximum absolute atomic E-state index is 3.76. The Labute approximate surface area is 80.5 Å². The molecule has 0 nitrogen and oxygen atoms in total. The van der Waals surface area contributed by atoms with Crippen LogP contribution in [-0.2, 0) is 0 Å². The second-order valence-electron chi connectivity index (χ2n) is 2.84. The summed E-state index contributed by atoms with van der Waals surface area (Å²) in [6, 6.07) is 10.3. The Morgan fingerprint density at radius 1 is 1.15 bits per heavy atom. The third kappa shape index (κ3) is 3.16. The Bertz CT molecular complexity index is 309. The first-order valence-electron chi connectivity index (χ1n) is 4.34. The summed E-state index contributed by atoms with van der Waals surface area (Å²) < 4.78 is 0. The summed E-state index contributed by atoms with van der Waals surface area (Å²) in [4.78, 5) is 0. The van der Waals surface area contributed by atoms with E-state index in [1.807, 2.05) is 30.4 Å². The zero-order chi connectivity index (χ0) is 9.52. The highest BCUT2D eigenvalue weighted by Gasteiger charge is 1.96. The van der Waals surface area contributed by atoms with Crippen LogP contribution in [0.15, 0.2) is 67.2 Å². The third-order valence-electron chi connectivity index (χ3n) is 1.85. The first kappa shape index (κ1) is 9.59. The van der Waals surface area contributed by atoms with E-state index in [0.717, 1.165) is 7.28 Å². The van der Waals surface area contributed by atoms with Crippen LogP contribution in [0.3, 0.4) is 0 Å². The van der Waals surface area contributed by atoms with Gasteiger partial charge < -0.3 is 0 Å². The minimum atomic E-state index is 0.927. The van der Waals surface area contributed by atoms with Gasteiger partial charge >= 0.3 is 0 Å². The lowest BCUT2D eigenvalue weighted by Crippen LogP contribution is -2.14. The van der Waals surface area contributed by atoms with Gasteiger partial charge in [-0.05, 0) is 0 Å². The van der Waals surface area contributed by atoms with Crippen LogP contribution < -0.4 is 5.46 Å². The van der Waals surface area contributed by atoms with Crippen molar-refractivity contribution in [2.24, 2.45) is 0 Å². The Kier molecular flexibility index (Phi) is 3.84. The lowest BCUT2D eigenvalue weighted by atomic mass is 9.63. The minimum absolute atomic E-state index is 0.927. The van der Waals surface area contributed by atoms with E-state index in [4.69, 9.17) is 0 Å². The summed E-state index contributed by atoms with van der Waals surface area (Å²) in [5, 5.41) is 0. The van der Waals surface area contributed by atoms with Crippen LogP contribution in [0.2, 0.25) is 0 Å². The molecular weight excluding hydrogens is 155 g/mol. The van der Waals surface area contributed by atoms with Crippen molar-refractivity contribution in [3.8, 4) is 0 Å². The van der Waals surface area contributed by atoms with E-state index in [9.17, 15) is 0 Å². The van der Waals surface area contributed by atoms with E-state index in [0.29, 0.717) is 0 Å². The lowest BCUT2D eigenvalue weighted by molar-refractivity contribution is 1.76. The topological polar surface area (TPSA) is 0 Å². The number of benzene rings is 1. The van der Waals surface area contributed by atoms with Crippen molar-refractivity contribution < 1.29 is 0 Å². The monoisotopic (exact) mass is 168 g/mol. The summed E-state index contributed by atoms with van der Waals surface area (Å²) in [6.45, 7) is 7.43. The van der Waals surface area contributed by atoms with Crippen LogP contribution in [0.4, 0.5) is 0 Å². The zero-order valence-electron chi connectivity index (χ0n) is 7.74. The maximum Gasteiger partial charge on any atom is 0.192 e. The zero-order valence-corrected chi connectivity index (χ0v) is 7.74. The molecule has 0 atom stereocenters. The SMILES string of the molecule is C=C/C=C(/Bc1ccccc1)C=C. The van der Waals surface area contributed by atoms with Crippen LogP contribution in [-0.4, -0.2) is 7.28 Å². The first-order valence-corrected chi connectivity index (χ1v) is 4.34. The number of allylic oxidation sites excluding steroid dienone is 4. The van der Waals surface area contributed by atoms with E-state index in [-0.39, 0.29) is 0 Å². The van der Waals surface area contributed by atoms with E-state index in [1.165, 1.54) is 10.9 Å². The molecule has 1 aromatic carbocycles. The average molecular weight is 168 g/mol. The average Bonchev–Trinajstić information content (AvgIpc) is 2.19. The summed E-state index contributed by atoms with van der Waals surface area (Å²) in [7, 11) is 0.927. The number of rotatable bonds is 4. The summed E-state index contributed by atoms with van der Waals surface area (Å²) >= 11 is 0. The molecule has 0 aliphatic heterocycles. The highest BCUT2D eigenvalue weighted by Crippen LogP contribution is 1.94. The second kappa shape index (κ2) is 5.20. The normalized spacial score (nSPS) is 10.6. The maximum atomic E-state index is 3.76. The fourth-order valence-electron chi connectivity index (χ4n) is 1.18. The van der Waals surface area contributed by atoms with Gasteiger partial charge in [-0.15, -0.1) is 0 Å². The minimum Gasteiger partial charge on any atom is -0.0996 e. The Morgan fingerprint density at radius 3 is 2.38 bits per heavy atom. The van der Waals surface area contributed by atoms with E-state index >= 15 is 0 Å². The standard InChI is InChI=1S/C12H13B/c1-3-8-11(4-2)13-12-9-6-5-7-10-12/h3-10,13H,1-2H2/b11-8+. The molecule has 0 fully saturated rings. The van der Waals surface area contributed by atoms with Gasteiger partial charge in [0.2, 0.25) is 0 Å². The smallest absolute Gasteiger partial charge is 0.0996 e.